The average Bonchev–Trinajstić information content (AvgIpc) is 3.00. The highest BCUT2D eigenvalue weighted by atomic mass is 35.5. The Bertz CT molecular complexity index is 1020. The number of halogens is 2. The summed E-state index contributed by atoms with van der Waals surface area (Å²) in [4.78, 5) is 4.80. The number of anilines is 1. The first-order chi connectivity index (χ1) is 12.7. The van der Waals surface area contributed by atoms with Gasteiger partial charge in [-0.3, -0.25) is 0 Å². The molecule has 3 nitrogen and oxygen atoms in total. The molecule has 4 aromatic rings. The van der Waals surface area contributed by atoms with Crippen LogP contribution in [0.5, 0.6) is 0 Å². The number of nitrogens with zero attached hydrogens (tertiary/aromatic N) is 2. The maximum Gasteiger partial charge on any atom is 0.129 e. The summed E-state index contributed by atoms with van der Waals surface area (Å²) in [6, 6.07) is 24.0. The van der Waals surface area contributed by atoms with Gasteiger partial charge in [0, 0.05) is 6.54 Å². The van der Waals surface area contributed by atoms with Crippen molar-refractivity contribution >= 4 is 39.9 Å². The van der Waals surface area contributed by atoms with Crippen molar-refractivity contribution in [2.45, 2.75) is 13.1 Å². The summed E-state index contributed by atoms with van der Waals surface area (Å²) in [5.74, 6) is 0.936. The summed E-state index contributed by atoms with van der Waals surface area (Å²) in [5.41, 5.74) is 4.05. The fourth-order valence-corrected chi connectivity index (χ4v) is 3.57. The fourth-order valence-electron chi connectivity index (χ4n) is 3.04. The van der Waals surface area contributed by atoms with Crippen LogP contribution in [0, 0.1) is 0 Å². The van der Waals surface area contributed by atoms with E-state index in [1.165, 1.54) is 5.56 Å². The lowest BCUT2D eigenvalue weighted by Gasteiger charge is -2.13. The molecule has 1 heterocycles. The van der Waals surface area contributed by atoms with E-state index in [-0.39, 0.29) is 0 Å². The highest BCUT2D eigenvalue weighted by Crippen LogP contribution is 2.30. The number of benzene rings is 3. The second-order valence-electron chi connectivity index (χ2n) is 6.04. The van der Waals surface area contributed by atoms with Crippen molar-refractivity contribution in [3.05, 3.63) is 94.2 Å². The molecule has 3 aromatic carbocycles. The van der Waals surface area contributed by atoms with Gasteiger partial charge in [0.25, 0.3) is 0 Å². The number of imidazole rings is 1. The van der Waals surface area contributed by atoms with Crippen LogP contribution in [-0.2, 0) is 13.1 Å². The number of hydrogen-bond donors (Lipinski definition) is 1. The average molecular weight is 382 g/mol. The van der Waals surface area contributed by atoms with Crippen LogP contribution in [0.3, 0.4) is 0 Å². The quantitative estimate of drug-likeness (QED) is 0.459. The summed E-state index contributed by atoms with van der Waals surface area (Å²) >= 11 is 12.5. The predicted octanol–water partition coefficient (Wildman–Crippen LogP) is 6.00. The Kier molecular flexibility index (Phi) is 4.83. The Morgan fingerprint density at radius 2 is 1.50 bits per heavy atom. The number of para-hydroxylation sites is 3. The molecule has 0 amide bonds. The third kappa shape index (κ3) is 3.41. The molecule has 130 valence electrons. The van der Waals surface area contributed by atoms with Gasteiger partial charge in [0.1, 0.15) is 5.82 Å². The molecule has 4 rings (SSSR count). The normalized spacial score (nSPS) is 11.0. The molecule has 1 N–H and O–H groups in total. The molecule has 0 atom stereocenters. The second-order valence-corrected chi connectivity index (χ2v) is 6.85. The summed E-state index contributed by atoms with van der Waals surface area (Å²) in [5, 5.41) is 4.54. The summed E-state index contributed by atoms with van der Waals surface area (Å²) in [7, 11) is 0. The molecular formula is C21H17Cl2N3. The molecule has 1 aromatic heterocycles. The van der Waals surface area contributed by atoms with Crippen LogP contribution in [-0.4, -0.2) is 9.55 Å². The minimum atomic E-state index is 0.533. The smallest absolute Gasteiger partial charge is 0.129 e. The molecule has 0 spiro atoms. The summed E-state index contributed by atoms with van der Waals surface area (Å²) in [6.07, 6.45) is 0. The third-order valence-corrected chi connectivity index (χ3v) is 4.93. The van der Waals surface area contributed by atoms with Gasteiger partial charge in [-0.1, -0.05) is 71.7 Å². The van der Waals surface area contributed by atoms with Crippen LogP contribution < -0.4 is 5.32 Å². The molecule has 0 aliphatic heterocycles. The van der Waals surface area contributed by atoms with Gasteiger partial charge < -0.3 is 9.88 Å². The predicted molar refractivity (Wildman–Crippen MR) is 109 cm³/mol. The summed E-state index contributed by atoms with van der Waals surface area (Å²) in [6.45, 7) is 1.29. The highest BCUT2D eigenvalue weighted by molar-refractivity contribution is 6.39. The lowest BCUT2D eigenvalue weighted by atomic mass is 10.2. The number of nitrogens with one attached hydrogen (secondary N) is 1. The second kappa shape index (κ2) is 7.40. The standard InChI is InChI=1S/C21H17Cl2N3/c22-16-9-6-10-17(23)21(16)24-13-20-25-18-11-4-5-12-19(18)26(20)14-15-7-2-1-3-8-15/h1-12,24H,13-14H2. The lowest BCUT2D eigenvalue weighted by molar-refractivity contribution is 0.756. The first kappa shape index (κ1) is 17.0. The Labute approximate surface area is 162 Å². The number of hydrogen-bond acceptors (Lipinski definition) is 2. The minimum Gasteiger partial charge on any atom is -0.375 e. The zero-order valence-electron chi connectivity index (χ0n) is 14.0. The van der Waals surface area contributed by atoms with E-state index < -0.39 is 0 Å². The van der Waals surface area contributed by atoms with E-state index >= 15 is 0 Å². The van der Waals surface area contributed by atoms with Gasteiger partial charge in [-0.15, -0.1) is 0 Å². The van der Waals surface area contributed by atoms with Crippen LogP contribution in [0.2, 0.25) is 10.0 Å². The molecule has 0 saturated heterocycles. The van der Waals surface area contributed by atoms with E-state index in [1.54, 1.807) is 0 Å². The maximum atomic E-state index is 6.27. The Morgan fingerprint density at radius 3 is 2.27 bits per heavy atom. The first-order valence-corrected chi connectivity index (χ1v) is 9.14. The molecule has 26 heavy (non-hydrogen) atoms. The van der Waals surface area contributed by atoms with Crippen molar-refractivity contribution in [3.8, 4) is 0 Å². The van der Waals surface area contributed by atoms with Gasteiger partial charge >= 0.3 is 0 Å². The van der Waals surface area contributed by atoms with Gasteiger partial charge in [-0.2, -0.15) is 0 Å². The number of aromatic nitrogens is 2. The minimum absolute atomic E-state index is 0.533. The van der Waals surface area contributed by atoms with Crippen molar-refractivity contribution in [2.24, 2.45) is 0 Å². The van der Waals surface area contributed by atoms with Crippen LogP contribution in [0.1, 0.15) is 11.4 Å². The summed E-state index contributed by atoms with van der Waals surface area (Å²) < 4.78 is 2.22. The van der Waals surface area contributed by atoms with Gasteiger partial charge in [-0.05, 0) is 29.8 Å². The van der Waals surface area contributed by atoms with Crippen molar-refractivity contribution in [2.75, 3.05) is 5.32 Å². The monoisotopic (exact) mass is 381 g/mol. The molecular weight excluding hydrogens is 365 g/mol. The zero-order valence-corrected chi connectivity index (χ0v) is 15.5. The van der Waals surface area contributed by atoms with Crippen molar-refractivity contribution in [3.63, 3.8) is 0 Å². The van der Waals surface area contributed by atoms with Gasteiger partial charge in [-0.25, -0.2) is 4.98 Å². The molecule has 0 unspecified atom stereocenters. The van der Waals surface area contributed by atoms with E-state index in [0.717, 1.165) is 29.1 Å². The van der Waals surface area contributed by atoms with Crippen LogP contribution >= 0.6 is 23.2 Å². The largest absolute Gasteiger partial charge is 0.375 e. The topological polar surface area (TPSA) is 29.9 Å². The zero-order chi connectivity index (χ0) is 17.9. The lowest BCUT2D eigenvalue weighted by Crippen LogP contribution is -2.10. The van der Waals surface area contributed by atoms with E-state index in [0.29, 0.717) is 16.6 Å². The molecule has 0 aliphatic carbocycles. The first-order valence-electron chi connectivity index (χ1n) is 8.38. The van der Waals surface area contributed by atoms with Gasteiger partial charge in [0.2, 0.25) is 0 Å². The molecule has 0 saturated carbocycles. The molecule has 0 aliphatic rings. The van der Waals surface area contributed by atoms with Crippen molar-refractivity contribution in [1.82, 2.24) is 9.55 Å². The van der Waals surface area contributed by atoms with Crippen LogP contribution in [0.25, 0.3) is 11.0 Å². The van der Waals surface area contributed by atoms with E-state index in [2.05, 4.69) is 40.2 Å². The van der Waals surface area contributed by atoms with Crippen molar-refractivity contribution < 1.29 is 0 Å². The number of rotatable bonds is 5. The molecule has 0 radical (unpaired) electrons. The molecule has 5 heteroatoms. The van der Waals surface area contributed by atoms with Crippen LogP contribution in [0.4, 0.5) is 5.69 Å². The van der Waals surface area contributed by atoms with Gasteiger partial charge in [0.15, 0.2) is 0 Å². The maximum absolute atomic E-state index is 6.27. The fraction of sp³-hybridized carbons (Fsp3) is 0.0952. The number of fused-ring (bicyclic) bond motifs is 1. The highest BCUT2D eigenvalue weighted by Gasteiger charge is 2.12. The van der Waals surface area contributed by atoms with E-state index in [9.17, 15) is 0 Å². The Morgan fingerprint density at radius 1 is 0.808 bits per heavy atom. The molecule has 0 fully saturated rings. The van der Waals surface area contributed by atoms with Crippen molar-refractivity contribution in [1.29, 1.82) is 0 Å². The molecule has 0 bridgehead atoms. The van der Waals surface area contributed by atoms with Gasteiger partial charge in [0.05, 0.1) is 33.3 Å². The Hall–Kier alpha value is -2.49. The Balaban J connectivity index is 1.69. The SMILES string of the molecule is Clc1cccc(Cl)c1NCc1nc2ccccc2n1Cc1ccccc1. The van der Waals surface area contributed by atoms with E-state index in [4.69, 9.17) is 28.2 Å². The van der Waals surface area contributed by atoms with Crippen LogP contribution in [0.15, 0.2) is 72.8 Å². The van der Waals surface area contributed by atoms with E-state index in [1.807, 2.05) is 42.5 Å². The third-order valence-electron chi connectivity index (χ3n) is 4.30.